The van der Waals surface area contributed by atoms with E-state index in [0.717, 1.165) is 25.7 Å². The SMILES string of the molecule is CN(C(=O)Nc1cccc(NC(=O)C2CCCC2)c1)[C@H]1CCS(=O)(=O)C1. The molecule has 2 N–H and O–H groups in total. The summed E-state index contributed by atoms with van der Waals surface area (Å²) in [6.07, 6.45) is 4.51. The van der Waals surface area contributed by atoms with Gasteiger partial charge in [0.25, 0.3) is 0 Å². The smallest absolute Gasteiger partial charge is 0.321 e. The highest BCUT2D eigenvalue weighted by molar-refractivity contribution is 7.91. The van der Waals surface area contributed by atoms with Crippen LogP contribution in [0.1, 0.15) is 32.1 Å². The minimum absolute atomic E-state index is 0.00834. The first kappa shape index (κ1) is 18.7. The molecule has 2 aliphatic rings. The summed E-state index contributed by atoms with van der Waals surface area (Å²) >= 11 is 0. The summed E-state index contributed by atoms with van der Waals surface area (Å²) in [6, 6.07) is 6.35. The van der Waals surface area contributed by atoms with Gasteiger partial charge in [-0.3, -0.25) is 4.79 Å². The average molecular weight is 379 g/mol. The van der Waals surface area contributed by atoms with E-state index in [-0.39, 0.29) is 35.4 Å². The average Bonchev–Trinajstić information content (AvgIpc) is 3.24. The molecule has 142 valence electrons. The van der Waals surface area contributed by atoms with Gasteiger partial charge >= 0.3 is 6.03 Å². The van der Waals surface area contributed by atoms with Crippen LogP contribution in [0.25, 0.3) is 0 Å². The third-order valence-corrected chi connectivity index (χ3v) is 6.93. The number of hydrogen-bond donors (Lipinski definition) is 2. The lowest BCUT2D eigenvalue weighted by Crippen LogP contribution is -2.40. The Bertz CT molecular complexity index is 787. The molecule has 0 radical (unpaired) electrons. The lowest BCUT2D eigenvalue weighted by molar-refractivity contribution is -0.119. The Morgan fingerprint density at radius 3 is 2.35 bits per heavy atom. The molecule has 1 atom stereocenters. The summed E-state index contributed by atoms with van der Waals surface area (Å²) in [6.45, 7) is 0. The molecule has 1 saturated heterocycles. The maximum Gasteiger partial charge on any atom is 0.321 e. The van der Waals surface area contributed by atoms with Crippen LogP contribution in [0.15, 0.2) is 24.3 Å². The second-order valence-electron chi connectivity index (χ2n) is 7.15. The molecule has 3 amide bonds. The molecular weight excluding hydrogens is 354 g/mol. The Kier molecular flexibility index (Phi) is 5.50. The number of carbonyl (C=O) groups excluding carboxylic acids is 2. The minimum Gasteiger partial charge on any atom is -0.326 e. The third-order valence-electron chi connectivity index (χ3n) is 5.18. The van der Waals surface area contributed by atoms with E-state index in [9.17, 15) is 18.0 Å². The Morgan fingerprint density at radius 1 is 1.08 bits per heavy atom. The monoisotopic (exact) mass is 379 g/mol. The van der Waals surface area contributed by atoms with Crippen molar-refractivity contribution in [2.45, 2.75) is 38.1 Å². The fraction of sp³-hybridized carbons (Fsp3) is 0.556. The number of nitrogens with one attached hydrogen (secondary N) is 2. The second-order valence-corrected chi connectivity index (χ2v) is 9.38. The molecular formula is C18H25N3O4S. The van der Waals surface area contributed by atoms with Gasteiger partial charge in [-0.05, 0) is 37.5 Å². The topological polar surface area (TPSA) is 95.6 Å². The predicted octanol–water partition coefficient (Wildman–Crippen LogP) is 2.47. The van der Waals surface area contributed by atoms with Crippen molar-refractivity contribution in [2.24, 2.45) is 5.92 Å². The van der Waals surface area contributed by atoms with Gasteiger partial charge < -0.3 is 15.5 Å². The van der Waals surface area contributed by atoms with Crippen LogP contribution in [0.5, 0.6) is 0 Å². The summed E-state index contributed by atoms with van der Waals surface area (Å²) in [7, 11) is -1.44. The first-order valence-corrected chi connectivity index (χ1v) is 10.8. The summed E-state index contributed by atoms with van der Waals surface area (Å²) in [5.41, 5.74) is 1.21. The Labute approximate surface area is 154 Å². The molecule has 0 bridgehead atoms. The van der Waals surface area contributed by atoms with Crippen molar-refractivity contribution in [3.63, 3.8) is 0 Å². The number of amides is 3. The molecule has 7 nitrogen and oxygen atoms in total. The second kappa shape index (κ2) is 7.65. The van der Waals surface area contributed by atoms with E-state index in [1.165, 1.54) is 4.90 Å². The van der Waals surface area contributed by atoms with Gasteiger partial charge in [-0.1, -0.05) is 18.9 Å². The van der Waals surface area contributed by atoms with Crippen LogP contribution in [0.2, 0.25) is 0 Å². The number of benzene rings is 1. The lowest BCUT2D eigenvalue weighted by Gasteiger charge is -2.23. The van der Waals surface area contributed by atoms with Crippen LogP contribution in [0.4, 0.5) is 16.2 Å². The molecule has 1 aliphatic carbocycles. The van der Waals surface area contributed by atoms with Crippen molar-refractivity contribution in [3.8, 4) is 0 Å². The molecule has 3 rings (SSSR count). The van der Waals surface area contributed by atoms with Crippen LogP contribution >= 0.6 is 0 Å². The number of sulfone groups is 1. The zero-order chi connectivity index (χ0) is 18.7. The number of carbonyl (C=O) groups is 2. The highest BCUT2D eigenvalue weighted by atomic mass is 32.2. The number of urea groups is 1. The Morgan fingerprint density at radius 2 is 1.73 bits per heavy atom. The summed E-state index contributed by atoms with van der Waals surface area (Å²) in [4.78, 5) is 26.1. The normalized spacial score (nSPS) is 22.1. The van der Waals surface area contributed by atoms with Crippen LogP contribution in [-0.4, -0.2) is 49.9 Å². The summed E-state index contributed by atoms with van der Waals surface area (Å²) in [5.74, 6) is 0.231. The van der Waals surface area contributed by atoms with Crippen molar-refractivity contribution in [2.75, 3.05) is 29.2 Å². The van der Waals surface area contributed by atoms with Gasteiger partial charge in [0.2, 0.25) is 5.91 Å². The number of nitrogens with zero attached hydrogens (tertiary/aromatic N) is 1. The number of anilines is 2. The molecule has 1 saturated carbocycles. The van der Waals surface area contributed by atoms with E-state index in [0.29, 0.717) is 17.8 Å². The van der Waals surface area contributed by atoms with Gasteiger partial charge in [0.1, 0.15) is 0 Å². The Hall–Kier alpha value is -2.09. The molecule has 1 aromatic carbocycles. The van der Waals surface area contributed by atoms with Crippen LogP contribution in [-0.2, 0) is 14.6 Å². The van der Waals surface area contributed by atoms with Gasteiger partial charge in [-0.15, -0.1) is 0 Å². The van der Waals surface area contributed by atoms with E-state index in [2.05, 4.69) is 10.6 Å². The Balaban J connectivity index is 1.59. The minimum atomic E-state index is -3.04. The summed E-state index contributed by atoms with van der Waals surface area (Å²) < 4.78 is 23.2. The number of rotatable bonds is 4. The quantitative estimate of drug-likeness (QED) is 0.840. The summed E-state index contributed by atoms with van der Waals surface area (Å²) in [5, 5.41) is 5.68. The predicted molar refractivity (Wildman–Crippen MR) is 101 cm³/mol. The third kappa shape index (κ3) is 4.55. The van der Waals surface area contributed by atoms with E-state index in [4.69, 9.17) is 0 Å². The first-order valence-electron chi connectivity index (χ1n) is 8.99. The van der Waals surface area contributed by atoms with Gasteiger partial charge in [0.05, 0.1) is 11.5 Å². The van der Waals surface area contributed by atoms with Gasteiger partial charge in [-0.2, -0.15) is 0 Å². The van der Waals surface area contributed by atoms with Crippen molar-refractivity contribution in [3.05, 3.63) is 24.3 Å². The van der Waals surface area contributed by atoms with Crippen LogP contribution < -0.4 is 10.6 Å². The molecule has 0 spiro atoms. The van der Waals surface area contributed by atoms with Crippen LogP contribution in [0, 0.1) is 5.92 Å². The fourth-order valence-corrected chi connectivity index (χ4v) is 5.34. The van der Waals surface area contributed by atoms with Crippen LogP contribution in [0.3, 0.4) is 0 Å². The molecule has 8 heteroatoms. The molecule has 1 aliphatic heterocycles. The van der Waals surface area contributed by atoms with Crippen molar-refractivity contribution >= 4 is 33.2 Å². The highest BCUT2D eigenvalue weighted by Gasteiger charge is 2.32. The maximum atomic E-state index is 12.4. The highest BCUT2D eigenvalue weighted by Crippen LogP contribution is 2.26. The van der Waals surface area contributed by atoms with Crippen molar-refractivity contribution in [1.82, 2.24) is 4.90 Å². The van der Waals surface area contributed by atoms with Gasteiger partial charge in [0, 0.05) is 30.4 Å². The zero-order valence-corrected chi connectivity index (χ0v) is 15.7. The van der Waals surface area contributed by atoms with Crippen molar-refractivity contribution < 1.29 is 18.0 Å². The van der Waals surface area contributed by atoms with E-state index in [1.54, 1.807) is 31.3 Å². The van der Waals surface area contributed by atoms with Crippen molar-refractivity contribution in [1.29, 1.82) is 0 Å². The fourth-order valence-electron chi connectivity index (χ4n) is 3.57. The largest absolute Gasteiger partial charge is 0.326 e. The zero-order valence-electron chi connectivity index (χ0n) is 14.9. The molecule has 1 aromatic rings. The van der Waals surface area contributed by atoms with Gasteiger partial charge in [0.15, 0.2) is 9.84 Å². The van der Waals surface area contributed by atoms with E-state index in [1.807, 2.05) is 0 Å². The lowest BCUT2D eigenvalue weighted by atomic mass is 10.1. The van der Waals surface area contributed by atoms with E-state index >= 15 is 0 Å². The standard InChI is InChI=1S/C18H25N3O4S/c1-21(16-9-10-26(24,25)12-16)18(23)20-15-8-4-7-14(11-15)19-17(22)13-5-2-3-6-13/h4,7-8,11,13,16H,2-3,5-6,9-10,12H2,1H3,(H,19,22)(H,20,23)/t16-/m0/s1. The molecule has 0 unspecified atom stereocenters. The number of hydrogen-bond acceptors (Lipinski definition) is 4. The maximum absolute atomic E-state index is 12.4. The van der Waals surface area contributed by atoms with E-state index < -0.39 is 9.84 Å². The molecule has 1 heterocycles. The molecule has 2 fully saturated rings. The first-order chi connectivity index (χ1) is 12.3. The van der Waals surface area contributed by atoms with Gasteiger partial charge in [-0.25, -0.2) is 13.2 Å². The molecule has 0 aromatic heterocycles. The molecule has 26 heavy (non-hydrogen) atoms.